The van der Waals surface area contributed by atoms with E-state index in [1.54, 1.807) is 0 Å². The molecule has 1 aromatic carbocycles. The van der Waals surface area contributed by atoms with Crippen molar-refractivity contribution in [1.29, 1.82) is 0 Å². The summed E-state index contributed by atoms with van der Waals surface area (Å²) in [5, 5.41) is 9.22. The third-order valence-electron chi connectivity index (χ3n) is 3.40. The lowest BCUT2D eigenvalue weighted by atomic mass is 9.93. The van der Waals surface area contributed by atoms with E-state index in [4.69, 9.17) is 15.2 Å². The van der Waals surface area contributed by atoms with Crippen molar-refractivity contribution in [3.8, 4) is 11.5 Å². The summed E-state index contributed by atoms with van der Waals surface area (Å²) in [5.74, 6) is 1.70. The van der Waals surface area contributed by atoms with E-state index >= 15 is 0 Å². The summed E-state index contributed by atoms with van der Waals surface area (Å²) in [7, 11) is 0. The number of aliphatic hydroxyl groups excluding tert-OH is 1. The minimum Gasteiger partial charge on any atom is -0.494 e. The standard InChI is InChI=1S/C16H27NO3/c1-3-11-19-14-6-8-15(9-7-14)20-12-5-10-16(17,4-2)13-18/h6-9,18H,3-5,10-13,17H2,1-2H3. The molecule has 0 aliphatic carbocycles. The summed E-state index contributed by atoms with van der Waals surface area (Å²) in [6, 6.07) is 7.65. The van der Waals surface area contributed by atoms with Gasteiger partial charge in [-0.2, -0.15) is 0 Å². The lowest BCUT2D eigenvalue weighted by molar-refractivity contribution is 0.171. The highest BCUT2D eigenvalue weighted by atomic mass is 16.5. The van der Waals surface area contributed by atoms with Crippen LogP contribution < -0.4 is 15.2 Å². The number of benzene rings is 1. The first-order valence-corrected chi connectivity index (χ1v) is 7.39. The van der Waals surface area contributed by atoms with E-state index in [0.717, 1.165) is 43.8 Å². The average Bonchev–Trinajstić information content (AvgIpc) is 2.50. The molecule has 1 atom stereocenters. The van der Waals surface area contributed by atoms with Gasteiger partial charge in [0.25, 0.3) is 0 Å². The number of aliphatic hydroxyl groups is 1. The fourth-order valence-corrected chi connectivity index (χ4v) is 1.83. The van der Waals surface area contributed by atoms with Crippen molar-refractivity contribution in [3.05, 3.63) is 24.3 Å². The largest absolute Gasteiger partial charge is 0.494 e. The monoisotopic (exact) mass is 281 g/mol. The van der Waals surface area contributed by atoms with Crippen molar-refractivity contribution in [2.24, 2.45) is 5.73 Å². The number of ether oxygens (including phenoxy) is 2. The molecule has 0 bridgehead atoms. The van der Waals surface area contributed by atoms with Crippen molar-refractivity contribution >= 4 is 0 Å². The predicted octanol–water partition coefficient (Wildman–Crippen LogP) is 2.73. The maximum absolute atomic E-state index is 9.22. The van der Waals surface area contributed by atoms with Crippen LogP contribution in [0.3, 0.4) is 0 Å². The Kier molecular flexibility index (Phi) is 7.41. The summed E-state index contributed by atoms with van der Waals surface area (Å²) in [6.45, 7) is 5.43. The smallest absolute Gasteiger partial charge is 0.119 e. The van der Waals surface area contributed by atoms with Crippen molar-refractivity contribution in [3.63, 3.8) is 0 Å². The summed E-state index contributed by atoms with van der Waals surface area (Å²) in [6.07, 6.45) is 3.37. The Labute approximate surface area is 121 Å². The second-order valence-corrected chi connectivity index (χ2v) is 5.15. The molecule has 1 aromatic rings. The van der Waals surface area contributed by atoms with E-state index in [0.29, 0.717) is 6.61 Å². The third-order valence-corrected chi connectivity index (χ3v) is 3.40. The second-order valence-electron chi connectivity index (χ2n) is 5.15. The molecule has 4 nitrogen and oxygen atoms in total. The van der Waals surface area contributed by atoms with Gasteiger partial charge in [-0.05, 0) is 49.9 Å². The molecule has 0 aliphatic heterocycles. The van der Waals surface area contributed by atoms with Gasteiger partial charge in [-0.25, -0.2) is 0 Å². The third kappa shape index (κ3) is 5.80. The molecular formula is C16H27NO3. The number of hydrogen-bond donors (Lipinski definition) is 2. The zero-order chi connectivity index (χ0) is 14.8. The first-order valence-electron chi connectivity index (χ1n) is 7.39. The van der Waals surface area contributed by atoms with Crippen LogP contribution in [0.5, 0.6) is 11.5 Å². The molecule has 0 heterocycles. The molecule has 0 amide bonds. The number of rotatable bonds is 10. The summed E-state index contributed by atoms with van der Waals surface area (Å²) in [4.78, 5) is 0. The number of nitrogens with two attached hydrogens (primary N) is 1. The molecule has 0 aliphatic rings. The maximum atomic E-state index is 9.22. The summed E-state index contributed by atoms with van der Waals surface area (Å²) in [5.41, 5.74) is 5.55. The number of hydrogen-bond acceptors (Lipinski definition) is 4. The van der Waals surface area contributed by atoms with Gasteiger partial charge in [0.1, 0.15) is 11.5 Å². The van der Waals surface area contributed by atoms with Gasteiger partial charge >= 0.3 is 0 Å². The Morgan fingerprint density at radius 1 is 1.05 bits per heavy atom. The highest BCUT2D eigenvalue weighted by molar-refractivity contribution is 5.31. The van der Waals surface area contributed by atoms with E-state index in [1.807, 2.05) is 31.2 Å². The van der Waals surface area contributed by atoms with E-state index in [9.17, 15) is 5.11 Å². The van der Waals surface area contributed by atoms with Gasteiger partial charge < -0.3 is 20.3 Å². The van der Waals surface area contributed by atoms with Gasteiger partial charge in [0.2, 0.25) is 0 Å². The summed E-state index contributed by atoms with van der Waals surface area (Å²) < 4.78 is 11.2. The topological polar surface area (TPSA) is 64.7 Å². The zero-order valence-corrected chi connectivity index (χ0v) is 12.6. The lowest BCUT2D eigenvalue weighted by Crippen LogP contribution is -2.43. The van der Waals surface area contributed by atoms with Gasteiger partial charge in [0.15, 0.2) is 0 Å². The second kappa shape index (κ2) is 8.82. The van der Waals surface area contributed by atoms with E-state index in [1.165, 1.54) is 0 Å². The van der Waals surface area contributed by atoms with Crippen LogP contribution in [0, 0.1) is 0 Å². The Balaban J connectivity index is 2.28. The average molecular weight is 281 g/mol. The van der Waals surface area contributed by atoms with Crippen LogP contribution in [0.4, 0.5) is 0 Å². The lowest BCUT2D eigenvalue weighted by Gasteiger charge is -2.25. The van der Waals surface area contributed by atoms with Gasteiger partial charge in [-0.1, -0.05) is 13.8 Å². The van der Waals surface area contributed by atoms with Crippen LogP contribution >= 0.6 is 0 Å². The Morgan fingerprint density at radius 2 is 1.60 bits per heavy atom. The van der Waals surface area contributed by atoms with Gasteiger partial charge in [-0.15, -0.1) is 0 Å². The molecule has 0 spiro atoms. The van der Waals surface area contributed by atoms with E-state index < -0.39 is 5.54 Å². The fraction of sp³-hybridized carbons (Fsp3) is 0.625. The van der Waals surface area contributed by atoms with Crippen molar-refractivity contribution in [2.45, 2.75) is 45.1 Å². The first-order chi connectivity index (χ1) is 9.63. The molecule has 114 valence electrons. The zero-order valence-electron chi connectivity index (χ0n) is 12.6. The van der Waals surface area contributed by atoms with Gasteiger partial charge in [-0.3, -0.25) is 0 Å². The van der Waals surface area contributed by atoms with Crippen molar-refractivity contribution in [2.75, 3.05) is 19.8 Å². The van der Waals surface area contributed by atoms with Crippen LogP contribution in [0.2, 0.25) is 0 Å². The molecule has 0 saturated carbocycles. The normalized spacial score (nSPS) is 13.8. The quantitative estimate of drug-likeness (QED) is 0.647. The molecule has 1 unspecified atom stereocenters. The fourth-order valence-electron chi connectivity index (χ4n) is 1.83. The Morgan fingerprint density at radius 3 is 2.05 bits per heavy atom. The molecule has 20 heavy (non-hydrogen) atoms. The van der Waals surface area contributed by atoms with Gasteiger partial charge in [0.05, 0.1) is 19.8 Å². The maximum Gasteiger partial charge on any atom is 0.119 e. The summed E-state index contributed by atoms with van der Waals surface area (Å²) >= 11 is 0. The molecular weight excluding hydrogens is 254 g/mol. The predicted molar refractivity (Wildman–Crippen MR) is 81.3 cm³/mol. The minimum atomic E-state index is -0.471. The molecule has 3 N–H and O–H groups in total. The van der Waals surface area contributed by atoms with Crippen LogP contribution in [0.25, 0.3) is 0 Å². The Bertz CT molecular complexity index is 360. The molecule has 0 radical (unpaired) electrons. The molecule has 1 rings (SSSR count). The highest BCUT2D eigenvalue weighted by Crippen LogP contribution is 2.19. The Hall–Kier alpha value is -1.26. The highest BCUT2D eigenvalue weighted by Gasteiger charge is 2.20. The molecule has 4 heteroatoms. The van der Waals surface area contributed by atoms with Crippen LogP contribution in [-0.2, 0) is 0 Å². The molecule has 0 aromatic heterocycles. The van der Waals surface area contributed by atoms with Crippen molar-refractivity contribution in [1.82, 2.24) is 0 Å². The molecule has 0 fully saturated rings. The van der Waals surface area contributed by atoms with Crippen molar-refractivity contribution < 1.29 is 14.6 Å². The van der Waals surface area contributed by atoms with Crippen LogP contribution in [0.15, 0.2) is 24.3 Å². The van der Waals surface area contributed by atoms with E-state index in [2.05, 4.69) is 6.92 Å². The first kappa shape index (κ1) is 16.8. The minimum absolute atomic E-state index is 0.0208. The van der Waals surface area contributed by atoms with Crippen LogP contribution in [0.1, 0.15) is 39.5 Å². The van der Waals surface area contributed by atoms with E-state index in [-0.39, 0.29) is 6.61 Å². The SMILES string of the molecule is CCCOc1ccc(OCCCC(N)(CC)CO)cc1. The van der Waals surface area contributed by atoms with Crippen LogP contribution in [-0.4, -0.2) is 30.5 Å². The molecule has 0 saturated heterocycles. The van der Waals surface area contributed by atoms with Gasteiger partial charge in [0, 0.05) is 5.54 Å².